The zero-order valence-electron chi connectivity index (χ0n) is 14.1. The molecule has 132 valence electrons. The Hall–Kier alpha value is -3.22. The molecule has 0 saturated carbocycles. The number of nitro benzene ring substituents is 1. The van der Waals surface area contributed by atoms with Gasteiger partial charge in [-0.2, -0.15) is 0 Å². The third kappa shape index (κ3) is 3.03. The maximum atomic E-state index is 12.8. The molecule has 3 aromatic rings. The predicted octanol–water partition coefficient (Wildman–Crippen LogP) is 3.49. The van der Waals surface area contributed by atoms with Crippen LogP contribution in [0.15, 0.2) is 48.5 Å². The van der Waals surface area contributed by atoms with Crippen LogP contribution in [0.3, 0.4) is 0 Å². The number of H-pyrrole nitrogens is 1. The van der Waals surface area contributed by atoms with E-state index in [0.717, 1.165) is 29.7 Å². The number of nitro groups is 1. The number of hydrogen-bond acceptors (Lipinski definition) is 4. The van der Waals surface area contributed by atoms with Crippen molar-refractivity contribution in [3.8, 4) is 0 Å². The van der Waals surface area contributed by atoms with Crippen molar-refractivity contribution in [3.05, 3.63) is 70.0 Å². The molecule has 2 heterocycles. The summed E-state index contributed by atoms with van der Waals surface area (Å²) >= 11 is 0. The fourth-order valence-corrected chi connectivity index (χ4v) is 3.46. The SMILES string of the molecule is O=C(c1ccc([N+](=O)[O-])cc1)N1CCC[C@H](c2nc3ccccc3[nH]2)C1. The first kappa shape index (κ1) is 16.3. The minimum absolute atomic E-state index is 0.0136. The number of benzene rings is 2. The molecule has 1 aliphatic heterocycles. The molecule has 0 aliphatic carbocycles. The minimum atomic E-state index is -0.466. The van der Waals surface area contributed by atoms with Crippen LogP contribution in [0.25, 0.3) is 11.0 Å². The number of fused-ring (bicyclic) bond motifs is 1. The maximum absolute atomic E-state index is 12.8. The highest BCUT2D eigenvalue weighted by Gasteiger charge is 2.27. The molecule has 2 aromatic carbocycles. The molecule has 0 spiro atoms. The van der Waals surface area contributed by atoms with Crippen molar-refractivity contribution in [1.82, 2.24) is 14.9 Å². The third-order valence-corrected chi connectivity index (χ3v) is 4.83. The number of nitrogens with zero attached hydrogens (tertiary/aromatic N) is 3. The maximum Gasteiger partial charge on any atom is 0.269 e. The summed E-state index contributed by atoms with van der Waals surface area (Å²) < 4.78 is 0. The number of carbonyl (C=O) groups is 1. The monoisotopic (exact) mass is 350 g/mol. The molecule has 1 atom stereocenters. The van der Waals surface area contributed by atoms with Gasteiger partial charge in [-0.1, -0.05) is 12.1 Å². The van der Waals surface area contributed by atoms with E-state index in [2.05, 4.69) is 9.97 Å². The highest BCUT2D eigenvalue weighted by molar-refractivity contribution is 5.94. The molecule has 0 unspecified atom stereocenters. The van der Waals surface area contributed by atoms with Crippen LogP contribution < -0.4 is 0 Å². The molecule has 7 heteroatoms. The lowest BCUT2D eigenvalue weighted by Gasteiger charge is -2.32. The Kier molecular flexibility index (Phi) is 4.12. The number of non-ortho nitro benzene ring substituents is 1. The molecule has 7 nitrogen and oxygen atoms in total. The number of rotatable bonds is 3. The van der Waals surface area contributed by atoms with Crippen LogP contribution in [0, 0.1) is 10.1 Å². The summed E-state index contributed by atoms with van der Waals surface area (Å²) in [4.78, 5) is 32.9. The summed E-state index contributed by atoms with van der Waals surface area (Å²) in [7, 11) is 0. The second-order valence-corrected chi connectivity index (χ2v) is 6.53. The van der Waals surface area contributed by atoms with E-state index < -0.39 is 4.92 Å². The number of amides is 1. The number of aromatic nitrogens is 2. The van der Waals surface area contributed by atoms with Gasteiger partial charge in [0.2, 0.25) is 0 Å². The third-order valence-electron chi connectivity index (χ3n) is 4.83. The fraction of sp³-hybridized carbons (Fsp3) is 0.263. The Morgan fingerprint density at radius 3 is 2.69 bits per heavy atom. The molecular formula is C19H18N4O3. The number of carbonyl (C=O) groups excluding carboxylic acids is 1. The Balaban J connectivity index is 1.52. The summed E-state index contributed by atoms with van der Waals surface area (Å²) in [6, 6.07) is 13.7. The van der Waals surface area contributed by atoms with Gasteiger partial charge in [-0.25, -0.2) is 4.98 Å². The number of imidazole rings is 1. The van der Waals surface area contributed by atoms with Crippen molar-refractivity contribution < 1.29 is 9.72 Å². The number of aromatic amines is 1. The molecule has 1 fully saturated rings. The van der Waals surface area contributed by atoms with Crippen LogP contribution >= 0.6 is 0 Å². The van der Waals surface area contributed by atoms with Crippen LogP contribution in [0.2, 0.25) is 0 Å². The van der Waals surface area contributed by atoms with E-state index in [1.165, 1.54) is 24.3 Å². The molecule has 0 radical (unpaired) electrons. The summed E-state index contributed by atoms with van der Waals surface area (Å²) in [5, 5.41) is 10.8. The fourth-order valence-electron chi connectivity index (χ4n) is 3.46. The van der Waals surface area contributed by atoms with Crippen LogP contribution in [0.4, 0.5) is 5.69 Å². The van der Waals surface area contributed by atoms with E-state index in [4.69, 9.17) is 0 Å². The number of hydrogen-bond donors (Lipinski definition) is 1. The minimum Gasteiger partial charge on any atom is -0.342 e. The van der Waals surface area contributed by atoms with Crippen LogP contribution in [-0.4, -0.2) is 38.8 Å². The molecule has 1 N–H and O–H groups in total. The van der Waals surface area contributed by atoms with Gasteiger partial charge in [-0.05, 0) is 37.1 Å². The quantitative estimate of drug-likeness (QED) is 0.578. The Morgan fingerprint density at radius 1 is 1.19 bits per heavy atom. The normalized spacial score (nSPS) is 17.4. The van der Waals surface area contributed by atoms with Crippen molar-refractivity contribution >= 4 is 22.6 Å². The lowest BCUT2D eigenvalue weighted by atomic mass is 9.96. The van der Waals surface area contributed by atoms with E-state index in [9.17, 15) is 14.9 Å². The predicted molar refractivity (Wildman–Crippen MR) is 97.1 cm³/mol. The van der Waals surface area contributed by atoms with Crippen LogP contribution in [-0.2, 0) is 0 Å². The van der Waals surface area contributed by atoms with Gasteiger partial charge in [0.1, 0.15) is 5.82 Å². The molecule has 26 heavy (non-hydrogen) atoms. The molecular weight excluding hydrogens is 332 g/mol. The second-order valence-electron chi connectivity index (χ2n) is 6.53. The van der Waals surface area contributed by atoms with Gasteiger partial charge in [0, 0.05) is 36.7 Å². The lowest BCUT2D eigenvalue weighted by Crippen LogP contribution is -2.39. The second kappa shape index (κ2) is 6.59. The summed E-state index contributed by atoms with van der Waals surface area (Å²) in [5.41, 5.74) is 2.39. The van der Waals surface area contributed by atoms with Gasteiger partial charge in [-0.3, -0.25) is 14.9 Å². The number of piperidine rings is 1. The number of likely N-dealkylation sites (tertiary alicyclic amines) is 1. The van der Waals surface area contributed by atoms with Gasteiger partial charge in [0.15, 0.2) is 0 Å². The molecule has 0 bridgehead atoms. The Labute approximate surface area is 149 Å². The Bertz CT molecular complexity index is 931. The average molecular weight is 350 g/mol. The molecule has 1 amide bonds. The number of nitrogens with one attached hydrogen (secondary N) is 1. The first-order valence-electron chi connectivity index (χ1n) is 8.60. The van der Waals surface area contributed by atoms with E-state index in [1.807, 2.05) is 29.2 Å². The summed E-state index contributed by atoms with van der Waals surface area (Å²) in [6.45, 7) is 1.28. The van der Waals surface area contributed by atoms with Crippen molar-refractivity contribution in [3.63, 3.8) is 0 Å². The zero-order valence-corrected chi connectivity index (χ0v) is 14.1. The summed E-state index contributed by atoms with van der Waals surface area (Å²) in [6.07, 6.45) is 1.88. The van der Waals surface area contributed by atoms with E-state index in [-0.39, 0.29) is 17.5 Å². The van der Waals surface area contributed by atoms with E-state index >= 15 is 0 Å². The molecule has 4 rings (SSSR count). The van der Waals surface area contributed by atoms with Gasteiger partial charge in [-0.15, -0.1) is 0 Å². The average Bonchev–Trinajstić information content (AvgIpc) is 3.12. The van der Waals surface area contributed by atoms with E-state index in [1.54, 1.807) is 0 Å². The smallest absolute Gasteiger partial charge is 0.269 e. The highest BCUT2D eigenvalue weighted by atomic mass is 16.6. The lowest BCUT2D eigenvalue weighted by molar-refractivity contribution is -0.384. The van der Waals surface area contributed by atoms with Crippen molar-refractivity contribution in [2.24, 2.45) is 0 Å². The first-order chi connectivity index (χ1) is 12.6. The van der Waals surface area contributed by atoms with Crippen molar-refractivity contribution in [2.75, 3.05) is 13.1 Å². The largest absolute Gasteiger partial charge is 0.342 e. The number of para-hydroxylation sites is 2. The topological polar surface area (TPSA) is 92.1 Å². The zero-order chi connectivity index (χ0) is 18.1. The summed E-state index contributed by atoms with van der Waals surface area (Å²) in [5.74, 6) is 0.978. The molecule has 1 aromatic heterocycles. The van der Waals surface area contributed by atoms with E-state index in [0.29, 0.717) is 18.7 Å². The highest BCUT2D eigenvalue weighted by Crippen LogP contribution is 2.27. The van der Waals surface area contributed by atoms with Gasteiger partial charge < -0.3 is 9.88 Å². The standard InChI is InChI=1S/C19H18N4O3/c24-19(13-7-9-15(10-8-13)23(25)26)22-11-3-4-14(12-22)18-20-16-5-1-2-6-17(16)21-18/h1-2,5-10,14H,3-4,11-12H2,(H,20,21)/t14-/m0/s1. The molecule has 1 aliphatic rings. The van der Waals surface area contributed by atoms with Crippen molar-refractivity contribution in [1.29, 1.82) is 0 Å². The van der Waals surface area contributed by atoms with Crippen LogP contribution in [0.1, 0.15) is 34.9 Å². The molecule has 1 saturated heterocycles. The van der Waals surface area contributed by atoms with Gasteiger partial charge in [0.25, 0.3) is 11.6 Å². The Morgan fingerprint density at radius 2 is 1.96 bits per heavy atom. The van der Waals surface area contributed by atoms with Gasteiger partial charge in [0.05, 0.1) is 16.0 Å². The van der Waals surface area contributed by atoms with Crippen molar-refractivity contribution in [2.45, 2.75) is 18.8 Å². The first-order valence-corrected chi connectivity index (χ1v) is 8.60. The van der Waals surface area contributed by atoms with Gasteiger partial charge >= 0.3 is 0 Å². The van der Waals surface area contributed by atoms with Crippen LogP contribution in [0.5, 0.6) is 0 Å².